The summed E-state index contributed by atoms with van der Waals surface area (Å²) in [4.78, 5) is 30.9. The molecule has 4 heterocycles. The van der Waals surface area contributed by atoms with Crippen LogP contribution in [0.1, 0.15) is 48.2 Å². The van der Waals surface area contributed by atoms with E-state index in [-0.39, 0.29) is 23.3 Å². The molecular formula is C25H21FN6O3. The summed E-state index contributed by atoms with van der Waals surface area (Å²) < 4.78 is 22.2. The summed E-state index contributed by atoms with van der Waals surface area (Å²) in [6.45, 7) is 4.50. The van der Waals surface area contributed by atoms with E-state index in [1.54, 1.807) is 21.7 Å². The van der Waals surface area contributed by atoms with Crippen LogP contribution in [0.2, 0.25) is 0 Å². The van der Waals surface area contributed by atoms with E-state index < -0.39 is 11.4 Å². The first-order chi connectivity index (χ1) is 16.9. The van der Waals surface area contributed by atoms with Gasteiger partial charge in [0.15, 0.2) is 17.3 Å². The number of hydrogen-bond donors (Lipinski definition) is 2. The number of aromatic nitrogens is 4. The van der Waals surface area contributed by atoms with Gasteiger partial charge in [-0.15, -0.1) is 0 Å². The molecule has 0 bridgehead atoms. The van der Waals surface area contributed by atoms with Crippen molar-refractivity contribution >= 4 is 33.7 Å². The van der Waals surface area contributed by atoms with Crippen LogP contribution in [0.3, 0.4) is 0 Å². The number of fused-ring (bicyclic) bond motifs is 2. The van der Waals surface area contributed by atoms with Crippen LogP contribution in [0.5, 0.6) is 0 Å². The molecule has 35 heavy (non-hydrogen) atoms. The second kappa shape index (κ2) is 7.84. The zero-order chi connectivity index (χ0) is 24.3. The number of carbonyl (C=O) groups is 1. The summed E-state index contributed by atoms with van der Waals surface area (Å²) in [5.74, 6) is 6.20. The third-order valence-corrected chi connectivity index (χ3v) is 6.58. The molecule has 0 spiro atoms. The Morgan fingerprint density at radius 1 is 1.29 bits per heavy atom. The van der Waals surface area contributed by atoms with Crippen LogP contribution in [0.25, 0.3) is 22.0 Å². The second-order valence-electron chi connectivity index (χ2n) is 8.92. The first kappa shape index (κ1) is 21.2. The maximum atomic E-state index is 14.8. The van der Waals surface area contributed by atoms with Crippen LogP contribution in [0, 0.1) is 17.7 Å². The molecule has 1 aliphatic heterocycles. The number of oxazole rings is 1. The Morgan fingerprint density at radius 3 is 2.86 bits per heavy atom. The Morgan fingerprint density at radius 2 is 2.09 bits per heavy atom. The summed E-state index contributed by atoms with van der Waals surface area (Å²) >= 11 is 0. The van der Waals surface area contributed by atoms with Gasteiger partial charge in [0.25, 0.3) is 5.56 Å². The van der Waals surface area contributed by atoms with Crippen molar-refractivity contribution in [3.63, 3.8) is 0 Å². The topological polar surface area (TPSA) is 123 Å². The number of aromatic amines is 1. The number of carbonyl (C=O) groups excluding carboxylic acids is 1. The minimum Gasteiger partial charge on any atom is -0.440 e. The molecule has 176 valence electrons. The van der Waals surface area contributed by atoms with Crippen LogP contribution < -0.4 is 11.3 Å². The molecule has 10 heteroatoms. The SMILES string of the molecule is C=CC(=O)N1CC[C@H](n2cc(C#Cc3cc4nc(C5CC5)oc4cc3F)c3c(N)n[nH]c(=O)c32)C1. The molecule has 1 saturated heterocycles. The number of nitrogen functional groups attached to an aromatic ring is 1. The smallest absolute Gasteiger partial charge is 0.288 e. The Balaban J connectivity index is 1.43. The average molecular weight is 472 g/mol. The van der Waals surface area contributed by atoms with Gasteiger partial charge in [-0.25, -0.2) is 14.5 Å². The quantitative estimate of drug-likeness (QED) is 0.349. The van der Waals surface area contributed by atoms with Gasteiger partial charge < -0.3 is 19.6 Å². The predicted molar refractivity (Wildman–Crippen MR) is 127 cm³/mol. The standard InChI is InChI=1S/C25H21FN6O3/c1-2-20(33)31-8-7-16(12-31)32-11-15(21-22(32)24(34)30-29-23(21)27)6-5-14-9-18-19(10-17(14)26)35-25(28-18)13-3-4-13/h2,9-11,13,16H,1,3-4,7-8,12H2,(H2,27,29)(H,30,34)/t16-/m0/s1. The fourth-order valence-electron chi connectivity index (χ4n) is 4.62. The van der Waals surface area contributed by atoms with Crippen molar-refractivity contribution in [2.75, 3.05) is 18.8 Å². The van der Waals surface area contributed by atoms with Gasteiger partial charge >= 0.3 is 0 Å². The van der Waals surface area contributed by atoms with Gasteiger partial charge in [-0.3, -0.25) is 9.59 Å². The van der Waals surface area contributed by atoms with Crippen LogP contribution in [-0.2, 0) is 4.79 Å². The average Bonchev–Trinajstić information content (AvgIpc) is 3.26. The summed E-state index contributed by atoms with van der Waals surface area (Å²) in [6, 6.07) is 2.71. The molecule has 3 aromatic heterocycles. The van der Waals surface area contributed by atoms with Crippen LogP contribution in [0.4, 0.5) is 10.2 Å². The van der Waals surface area contributed by atoms with Gasteiger partial charge in [0.2, 0.25) is 5.91 Å². The molecule has 1 atom stereocenters. The molecule has 2 aliphatic rings. The molecule has 1 amide bonds. The van der Waals surface area contributed by atoms with Crippen molar-refractivity contribution in [1.82, 2.24) is 24.6 Å². The maximum absolute atomic E-state index is 14.8. The van der Waals surface area contributed by atoms with Crippen molar-refractivity contribution in [2.24, 2.45) is 0 Å². The first-order valence-corrected chi connectivity index (χ1v) is 11.3. The minimum atomic E-state index is -0.523. The third kappa shape index (κ3) is 3.56. The van der Waals surface area contributed by atoms with E-state index in [0.717, 1.165) is 12.8 Å². The third-order valence-electron chi connectivity index (χ3n) is 6.58. The largest absolute Gasteiger partial charge is 0.440 e. The zero-order valence-corrected chi connectivity index (χ0v) is 18.7. The summed E-state index contributed by atoms with van der Waals surface area (Å²) in [5, 5.41) is 6.69. The van der Waals surface area contributed by atoms with Crippen molar-refractivity contribution in [1.29, 1.82) is 0 Å². The Labute approximate surface area is 198 Å². The normalized spacial score (nSPS) is 17.6. The van der Waals surface area contributed by atoms with Crippen LogP contribution >= 0.6 is 0 Å². The number of nitrogens with zero attached hydrogens (tertiary/aromatic N) is 4. The van der Waals surface area contributed by atoms with E-state index in [0.29, 0.717) is 58.9 Å². The second-order valence-corrected chi connectivity index (χ2v) is 8.92. The fraction of sp³-hybridized carbons (Fsp3) is 0.280. The summed E-state index contributed by atoms with van der Waals surface area (Å²) in [5.41, 5.74) is 7.57. The Hall–Kier alpha value is -4.39. The summed E-state index contributed by atoms with van der Waals surface area (Å²) in [6.07, 6.45) is 5.70. The van der Waals surface area contributed by atoms with Crippen LogP contribution in [-0.4, -0.2) is 43.6 Å². The van der Waals surface area contributed by atoms with E-state index in [1.807, 2.05) is 0 Å². The highest BCUT2D eigenvalue weighted by molar-refractivity contribution is 5.94. The Bertz CT molecular complexity index is 1650. The number of benzene rings is 1. The van der Waals surface area contributed by atoms with Gasteiger partial charge in [-0.1, -0.05) is 18.4 Å². The minimum absolute atomic E-state index is 0.112. The van der Waals surface area contributed by atoms with E-state index in [1.165, 1.54) is 12.1 Å². The van der Waals surface area contributed by atoms with Crippen molar-refractivity contribution < 1.29 is 13.6 Å². The lowest BCUT2D eigenvalue weighted by Gasteiger charge is -2.16. The molecule has 6 rings (SSSR count). The number of nitrogens with one attached hydrogen (secondary N) is 1. The van der Waals surface area contributed by atoms with Gasteiger partial charge in [-0.2, -0.15) is 5.10 Å². The number of nitrogens with two attached hydrogens (primary N) is 1. The van der Waals surface area contributed by atoms with E-state index in [9.17, 15) is 14.0 Å². The van der Waals surface area contributed by atoms with Gasteiger partial charge in [0.05, 0.1) is 22.6 Å². The molecule has 3 N–H and O–H groups in total. The van der Waals surface area contributed by atoms with Crippen molar-refractivity contribution in [2.45, 2.75) is 31.2 Å². The number of rotatable bonds is 3. The molecule has 9 nitrogen and oxygen atoms in total. The summed E-state index contributed by atoms with van der Waals surface area (Å²) in [7, 11) is 0. The molecule has 0 radical (unpaired) electrons. The van der Waals surface area contributed by atoms with E-state index in [2.05, 4.69) is 33.6 Å². The van der Waals surface area contributed by atoms with Crippen LogP contribution in [0.15, 0.2) is 40.2 Å². The molecule has 2 fully saturated rings. The Kier molecular flexibility index (Phi) is 4.74. The highest BCUT2D eigenvalue weighted by Gasteiger charge is 2.30. The molecule has 4 aromatic rings. The lowest BCUT2D eigenvalue weighted by Crippen LogP contribution is -2.27. The lowest BCUT2D eigenvalue weighted by molar-refractivity contribution is -0.125. The number of H-pyrrole nitrogens is 1. The highest BCUT2D eigenvalue weighted by atomic mass is 19.1. The monoisotopic (exact) mass is 472 g/mol. The zero-order valence-electron chi connectivity index (χ0n) is 18.7. The van der Waals surface area contributed by atoms with Crippen molar-refractivity contribution in [3.8, 4) is 11.8 Å². The number of hydrogen-bond acceptors (Lipinski definition) is 6. The molecule has 0 unspecified atom stereocenters. The predicted octanol–water partition coefficient (Wildman–Crippen LogP) is 2.82. The number of anilines is 1. The van der Waals surface area contributed by atoms with Crippen molar-refractivity contribution in [3.05, 3.63) is 64.2 Å². The molecule has 1 aromatic carbocycles. The first-order valence-electron chi connectivity index (χ1n) is 11.3. The van der Waals surface area contributed by atoms with E-state index in [4.69, 9.17) is 10.2 Å². The van der Waals surface area contributed by atoms with E-state index >= 15 is 0 Å². The number of halogens is 1. The molecule has 1 saturated carbocycles. The van der Waals surface area contributed by atoms with Gasteiger partial charge in [0, 0.05) is 31.3 Å². The lowest BCUT2D eigenvalue weighted by atomic mass is 10.1. The molecule has 1 aliphatic carbocycles. The fourth-order valence-corrected chi connectivity index (χ4v) is 4.62. The maximum Gasteiger partial charge on any atom is 0.288 e. The number of amides is 1. The van der Waals surface area contributed by atoms with Gasteiger partial charge in [0.1, 0.15) is 16.9 Å². The molecular weight excluding hydrogens is 451 g/mol. The highest BCUT2D eigenvalue weighted by Crippen LogP contribution is 2.40. The number of likely N-dealkylation sites (tertiary alicyclic amines) is 1. The van der Waals surface area contributed by atoms with Gasteiger partial charge in [-0.05, 0) is 31.4 Å².